The topological polar surface area (TPSA) is 132 Å². The van der Waals surface area contributed by atoms with E-state index in [-0.39, 0.29) is 38.0 Å². The number of thiophene rings is 1. The second kappa shape index (κ2) is 8.97. The maximum atomic E-state index is 13.7. The first-order chi connectivity index (χ1) is 16.3. The number of hydrogen-bond acceptors (Lipinski definition) is 8. The number of esters is 1. The summed E-state index contributed by atoms with van der Waals surface area (Å²) in [7, 11) is -3.04. The van der Waals surface area contributed by atoms with Gasteiger partial charge in [0.25, 0.3) is 10.0 Å². The van der Waals surface area contributed by atoms with Crippen molar-refractivity contribution in [3.63, 3.8) is 0 Å². The van der Waals surface area contributed by atoms with Crippen LogP contribution in [0.25, 0.3) is 11.1 Å². The number of aromatic nitrogens is 1. The molecular weight excluding hydrogens is 474 g/mol. The van der Waals surface area contributed by atoms with Crippen LogP contribution in [0, 0.1) is 11.3 Å². The molecule has 34 heavy (non-hydrogen) atoms. The number of carbonyl (C=O) groups is 2. The second-order valence-corrected chi connectivity index (χ2v) is 10.0. The van der Waals surface area contributed by atoms with Crippen LogP contribution in [-0.4, -0.2) is 31.3 Å². The van der Waals surface area contributed by atoms with Crippen LogP contribution >= 0.6 is 11.3 Å². The Morgan fingerprint density at radius 2 is 1.68 bits per heavy atom. The van der Waals surface area contributed by atoms with Crippen molar-refractivity contribution in [3.05, 3.63) is 94.5 Å². The zero-order chi connectivity index (χ0) is 24.5. The number of nitrogens with two attached hydrogens (primary N) is 1. The minimum Gasteiger partial charge on any atom is -0.465 e. The van der Waals surface area contributed by atoms with E-state index in [1.54, 1.807) is 41.8 Å². The molecular formula is C24H17N3O5S2. The van der Waals surface area contributed by atoms with E-state index in [1.165, 1.54) is 37.4 Å². The molecule has 0 unspecified atom stereocenters. The molecule has 170 valence electrons. The SMILES string of the molecule is COC(=O)c1ccc(-c2c(C#N)c(N)n(S(=O)(=O)c3cccs3)c2C(=O)c2ccccc2)cc1. The lowest BCUT2D eigenvalue weighted by Crippen LogP contribution is -2.20. The molecule has 0 aliphatic heterocycles. The van der Waals surface area contributed by atoms with Crippen LogP contribution in [0.3, 0.4) is 0 Å². The van der Waals surface area contributed by atoms with E-state index in [2.05, 4.69) is 0 Å². The van der Waals surface area contributed by atoms with Gasteiger partial charge in [-0.3, -0.25) is 4.79 Å². The molecule has 0 atom stereocenters. The lowest BCUT2D eigenvalue weighted by molar-refractivity contribution is 0.0600. The van der Waals surface area contributed by atoms with Gasteiger partial charge in [0, 0.05) is 11.1 Å². The molecule has 0 bridgehead atoms. The van der Waals surface area contributed by atoms with Crippen molar-refractivity contribution in [2.24, 2.45) is 0 Å². The number of carbonyl (C=O) groups excluding carboxylic acids is 2. The summed E-state index contributed by atoms with van der Waals surface area (Å²) >= 11 is 0.966. The van der Waals surface area contributed by atoms with E-state index in [0.717, 1.165) is 15.3 Å². The van der Waals surface area contributed by atoms with Gasteiger partial charge in [0.1, 0.15) is 27.4 Å². The third kappa shape index (κ3) is 3.77. The number of nitriles is 1. The Morgan fingerprint density at radius 1 is 1.00 bits per heavy atom. The molecule has 0 radical (unpaired) electrons. The molecule has 4 rings (SSSR count). The van der Waals surface area contributed by atoms with Gasteiger partial charge in [-0.15, -0.1) is 11.3 Å². The highest BCUT2D eigenvalue weighted by molar-refractivity contribution is 7.92. The number of methoxy groups -OCH3 is 1. The zero-order valence-corrected chi connectivity index (χ0v) is 19.4. The van der Waals surface area contributed by atoms with Crippen LogP contribution in [0.5, 0.6) is 0 Å². The first-order valence-corrected chi connectivity index (χ1v) is 12.1. The quantitative estimate of drug-likeness (QED) is 0.319. The van der Waals surface area contributed by atoms with E-state index in [9.17, 15) is 23.3 Å². The van der Waals surface area contributed by atoms with E-state index in [4.69, 9.17) is 10.5 Å². The zero-order valence-electron chi connectivity index (χ0n) is 17.8. The third-order valence-corrected chi connectivity index (χ3v) is 8.20. The number of benzene rings is 2. The molecule has 0 saturated heterocycles. The summed E-state index contributed by atoms with van der Waals surface area (Å²) in [5.74, 6) is -1.56. The van der Waals surface area contributed by atoms with E-state index in [1.807, 2.05) is 6.07 Å². The van der Waals surface area contributed by atoms with Gasteiger partial charge in [-0.25, -0.2) is 8.77 Å². The minimum absolute atomic E-state index is 0.0339. The molecule has 0 aliphatic rings. The smallest absolute Gasteiger partial charge is 0.337 e. The fraction of sp³-hybridized carbons (Fsp3) is 0.0417. The van der Waals surface area contributed by atoms with Gasteiger partial charge < -0.3 is 10.5 Å². The highest BCUT2D eigenvalue weighted by Crippen LogP contribution is 2.38. The Hall–Kier alpha value is -4.20. The van der Waals surface area contributed by atoms with Gasteiger partial charge in [0.15, 0.2) is 0 Å². The van der Waals surface area contributed by atoms with Crippen molar-refractivity contribution >= 4 is 38.9 Å². The summed E-state index contributed by atoms with van der Waals surface area (Å²) in [4.78, 5) is 25.5. The van der Waals surface area contributed by atoms with Crippen LogP contribution in [-0.2, 0) is 14.8 Å². The minimum atomic E-state index is -4.29. The molecule has 8 nitrogen and oxygen atoms in total. The first kappa shape index (κ1) is 23.0. The van der Waals surface area contributed by atoms with Gasteiger partial charge in [-0.2, -0.15) is 13.7 Å². The molecule has 0 fully saturated rings. The fourth-order valence-electron chi connectivity index (χ4n) is 3.54. The number of rotatable bonds is 6. The predicted octanol–water partition coefficient (Wildman–Crippen LogP) is 3.93. The van der Waals surface area contributed by atoms with Crippen molar-refractivity contribution in [2.45, 2.75) is 4.21 Å². The maximum Gasteiger partial charge on any atom is 0.337 e. The largest absolute Gasteiger partial charge is 0.465 e. The number of ether oxygens (including phenoxy) is 1. The molecule has 10 heteroatoms. The number of nitrogen functional groups attached to an aromatic ring is 1. The number of ketones is 1. The summed E-state index contributed by atoms with van der Waals surface area (Å²) in [6.45, 7) is 0. The second-order valence-electron chi connectivity index (χ2n) is 7.06. The predicted molar refractivity (Wildman–Crippen MR) is 127 cm³/mol. The summed E-state index contributed by atoms with van der Waals surface area (Å²) < 4.78 is 32.5. The number of anilines is 1. The van der Waals surface area contributed by atoms with Crippen LogP contribution in [0.1, 0.15) is 32.0 Å². The van der Waals surface area contributed by atoms with Crippen molar-refractivity contribution in [1.29, 1.82) is 5.26 Å². The van der Waals surface area contributed by atoms with Gasteiger partial charge in [-0.1, -0.05) is 48.5 Å². The first-order valence-electron chi connectivity index (χ1n) is 9.83. The molecule has 0 aliphatic carbocycles. The summed E-state index contributed by atoms with van der Waals surface area (Å²) in [5.41, 5.74) is 6.65. The lowest BCUT2D eigenvalue weighted by atomic mass is 9.96. The Balaban J connectivity index is 2.06. The van der Waals surface area contributed by atoms with E-state index >= 15 is 0 Å². The van der Waals surface area contributed by atoms with Gasteiger partial charge in [0.2, 0.25) is 5.78 Å². The molecule has 2 aromatic heterocycles. The van der Waals surface area contributed by atoms with Crippen LogP contribution in [0.4, 0.5) is 5.82 Å². The van der Waals surface area contributed by atoms with Crippen LogP contribution < -0.4 is 5.73 Å². The summed E-state index contributed by atoms with van der Waals surface area (Å²) in [6, 6.07) is 18.9. The average Bonchev–Trinajstić information content (AvgIpc) is 3.51. The number of hydrogen-bond donors (Lipinski definition) is 1. The van der Waals surface area contributed by atoms with Gasteiger partial charge in [-0.05, 0) is 29.1 Å². The van der Waals surface area contributed by atoms with E-state index in [0.29, 0.717) is 5.56 Å². The average molecular weight is 492 g/mol. The van der Waals surface area contributed by atoms with Gasteiger partial charge in [0.05, 0.1) is 12.7 Å². The molecule has 0 spiro atoms. The van der Waals surface area contributed by atoms with E-state index < -0.39 is 21.8 Å². The summed E-state index contributed by atoms with van der Waals surface area (Å²) in [6.07, 6.45) is 0. The molecule has 2 N–H and O–H groups in total. The van der Waals surface area contributed by atoms with Crippen molar-refractivity contribution in [2.75, 3.05) is 12.8 Å². The molecule has 2 heterocycles. The third-order valence-electron chi connectivity index (χ3n) is 5.11. The fourth-order valence-corrected chi connectivity index (χ4v) is 6.06. The molecule has 0 amide bonds. The molecule has 0 saturated carbocycles. The van der Waals surface area contributed by atoms with Crippen LogP contribution in [0.15, 0.2) is 76.3 Å². The van der Waals surface area contributed by atoms with Crippen LogP contribution in [0.2, 0.25) is 0 Å². The monoisotopic (exact) mass is 491 g/mol. The highest BCUT2D eigenvalue weighted by atomic mass is 32.2. The molecule has 2 aromatic carbocycles. The highest BCUT2D eigenvalue weighted by Gasteiger charge is 2.34. The Morgan fingerprint density at radius 3 is 2.24 bits per heavy atom. The Kier molecular flexibility index (Phi) is 6.06. The normalized spacial score (nSPS) is 11.1. The Bertz CT molecular complexity index is 1530. The van der Waals surface area contributed by atoms with Crippen molar-refractivity contribution in [1.82, 2.24) is 3.97 Å². The molecule has 4 aromatic rings. The number of nitrogens with zero attached hydrogens (tertiary/aromatic N) is 2. The lowest BCUT2D eigenvalue weighted by Gasteiger charge is -2.12. The summed E-state index contributed by atoms with van der Waals surface area (Å²) in [5, 5.41) is 11.5. The maximum absolute atomic E-state index is 13.7. The standard InChI is InChI=1S/C24H17N3O5S2/c1-32-24(29)17-11-9-15(10-12-17)20-18(14-25)23(26)27(34(30,31)19-8-5-13-33-19)21(20)22(28)16-6-3-2-4-7-16/h2-13H,26H2,1H3. The van der Waals surface area contributed by atoms with Crippen molar-refractivity contribution in [3.8, 4) is 17.2 Å². The Labute approximate surface area is 199 Å². The van der Waals surface area contributed by atoms with Crippen molar-refractivity contribution < 1.29 is 22.7 Å². The van der Waals surface area contributed by atoms with Gasteiger partial charge >= 0.3 is 5.97 Å².